The standard InChI is InChI=1S/C31H47N3O6/c1-29(2,3)26(36)34(22-14-16-31(7,8)17-15-22)24-18-23(33(20-24)28(38)40-30(4,5)6)19-32-27(37)39-25(35)21-12-10-9-11-13-21/h9-13,22-24H,14-20H2,1-8H3,(H,32,37)/t23-,24-/m0/s1. The predicted molar refractivity (Wildman–Crippen MR) is 153 cm³/mol. The third kappa shape index (κ3) is 8.45. The van der Waals surface area contributed by atoms with Gasteiger partial charge in [0.2, 0.25) is 5.91 Å². The van der Waals surface area contributed by atoms with Crippen molar-refractivity contribution >= 4 is 24.1 Å². The minimum absolute atomic E-state index is 0.0614. The van der Waals surface area contributed by atoms with E-state index in [0.717, 1.165) is 25.7 Å². The molecule has 9 heteroatoms. The number of ether oxygens (including phenoxy) is 2. The number of esters is 1. The molecule has 1 N–H and O–H groups in total. The number of nitrogens with zero attached hydrogens (tertiary/aromatic N) is 2. The normalized spacial score (nSPS) is 21.4. The van der Waals surface area contributed by atoms with E-state index in [0.29, 0.717) is 13.0 Å². The van der Waals surface area contributed by atoms with Crippen molar-refractivity contribution in [2.45, 2.75) is 111 Å². The average molecular weight is 558 g/mol. The number of rotatable bonds is 5. The fourth-order valence-corrected chi connectivity index (χ4v) is 5.47. The van der Waals surface area contributed by atoms with Gasteiger partial charge in [0.05, 0.1) is 17.6 Å². The van der Waals surface area contributed by atoms with Crippen molar-refractivity contribution in [3.8, 4) is 0 Å². The first-order valence-corrected chi connectivity index (χ1v) is 14.3. The van der Waals surface area contributed by atoms with E-state index in [-0.39, 0.29) is 35.5 Å². The second-order valence-electron chi connectivity index (χ2n) is 14.0. The number of carbonyl (C=O) groups excluding carboxylic acids is 4. The van der Waals surface area contributed by atoms with Crippen LogP contribution in [0.3, 0.4) is 0 Å². The highest BCUT2D eigenvalue weighted by atomic mass is 16.6. The van der Waals surface area contributed by atoms with Gasteiger partial charge in [0.15, 0.2) is 0 Å². The topological polar surface area (TPSA) is 105 Å². The van der Waals surface area contributed by atoms with Crippen LogP contribution in [-0.4, -0.2) is 70.7 Å². The largest absolute Gasteiger partial charge is 0.444 e. The molecule has 1 aliphatic heterocycles. The zero-order valence-corrected chi connectivity index (χ0v) is 25.4. The second kappa shape index (κ2) is 12.2. The predicted octanol–water partition coefficient (Wildman–Crippen LogP) is 5.77. The lowest BCUT2D eigenvalue weighted by Gasteiger charge is -2.45. The van der Waals surface area contributed by atoms with Gasteiger partial charge < -0.3 is 24.6 Å². The maximum atomic E-state index is 13.8. The van der Waals surface area contributed by atoms with Gasteiger partial charge in [-0.25, -0.2) is 14.4 Å². The van der Waals surface area contributed by atoms with Gasteiger partial charge in [-0.15, -0.1) is 0 Å². The van der Waals surface area contributed by atoms with Crippen molar-refractivity contribution < 1.29 is 28.7 Å². The van der Waals surface area contributed by atoms with Crippen LogP contribution in [0, 0.1) is 10.8 Å². The molecule has 0 aromatic heterocycles. The Kier molecular flexibility index (Phi) is 9.58. The highest BCUT2D eigenvalue weighted by Crippen LogP contribution is 2.40. The number of carbonyl (C=O) groups is 4. The van der Waals surface area contributed by atoms with Crippen LogP contribution in [0.15, 0.2) is 30.3 Å². The lowest BCUT2D eigenvalue weighted by Crippen LogP contribution is -2.53. The molecule has 0 radical (unpaired) electrons. The fourth-order valence-electron chi connectivity index (χ4n) is 5.47. The molecule has 2 fully saturated rings. The molecular formula is C31H47N3O6. The molecule has 0 spiro atoms. The fraction of sp³-hybridized carbons (Fsp3) is 0.677. The van der Waals surface area contributed by atoms with Gasteiger partial charge in [0, 0.05) is 24.5 Å². The quantitative estimate of drug-likeness (QED) is 0.364. The zero-order chi connectivity index (χ0) is 29.9. The Bertz CT molecular complexity index is 1060. The van der Waals surface area contributed by atoms with Crippen molar-refractivity contribution in [2.75, 3.05) is 13.1 Å². The van der Waals surface area contributed by atoms with Crippen LogP contribution in [0.4, 0.5) is 9.59 Å². The molecule has 222 valence electrons. The maximum Gasteiger partial charge on any atom is 0.415 e. The van der Waals surface area contributed by atoms with Gasteiger partial charge in [-0.05, 0) is 70.4 Å². The molecule has 2 aliphatic rings. The van der Waals surface area contributed by atoms with Gasteiger partial charge in [0.25, 0.3) is 0 Å². The number of hydrogen-bond donors (Lipinski definition) is 1. The summed E-state index contributed by atoms with van der Waals surface area (Å²) >= 11 is 0. The second-order valence-corrected chi connectivity index (χ2v) is 14.0. The van der Waals surface area contributed by atoms with E-state index >= 15 is 0 Å². The van der Waals surface area contributed by atoms with Gasteiger partial charge >= 0.3 is 18.2 Å². The summed E-state index contributed by atoms with van der Waals surface area (Å²) in [7, 11) is 0. The molecule has 3 rings (SSSR count). The van der Waals surface area contributed by atoms with E-state index in [1.165, 1.54) is 0 Å². The molecule has 1 saturated heterocycles. The van der Waals surface area contributed by atoms with Crippen molar-refractivity contribution in [3.05, 3.63) is 35.9 Å². The molecule has 9 nitrogen and oxygen atoms in total. The molecule has 2 atom stereocenters. The Balaban J connectivity index is 1.78. The van der Waals surface area contributed by atoms with E-state index in [9.17, 15) is 19.2 Å². The lowest BCUT2D eigenvalue weighted by atomic mass is 9.74. The van der Waals surface area contributed by atoms with Gasteiger partial charge in [-0.2, -0.15) is 0 Å². The van der Waals surface area contributed by atoms with Crippen molar-refractivity contribution in [1.29, 1.82) is 0 Å². The van der Waals surface area contributed by atoms with E-state index in [1.807, 2.05) is 25.7 Å². The first kappa shape index (κ1) is 31.4. The Morgan fingerprint density at radius 1 is 0.975 bits per heavy atom. The summed E-state index contributed by atoms with van der Waals surface area (Å²) in [4.78, 5) is 55.5. The molecule has 1 aliphatic carbocycles. The van der Waals surface area contributed by atoms with Gasteiger partial charge in [-0.3, -0.25) is 4.79 Å². The van der Waals surface area contributed by atoms with Gasteiger partial charge in [-0.1, -0.05) is 52.8 Å². The number of amides is 3. The molecular weight excluding hydrogens is 510 g/mol. The Morgan fingerprint density at radius 3 is 2.12 bits per heavy atom. The summed E-state index contributed by atoms with van der Waals surface area (Å²) in [6.07, 6.45) is 2.97. The molecule has 3 amide bonds. The summed E-state index contributed by atoms with van der Waals surface area (Å²) in [5.41, 5.74) is -0.776. The molecule has 1 aromatic rings. The van der Waals surface area contributed by atoms with E-state index in [4.69, 9.17) is 9.47 Å². The molecule has 40 heavy (non-hydrogen) atoms. The SMILES string of the molecule is CC1(C)CCC(N(C(=O)C(C)(C)C)[C@H]2C[C@@H](CNC(=O)OC(=O)c3ccccc3)N(C(=O)OC(C)(C)C)C2)CC1. The number of likely N-dealkylation sites (tertiary alicyclic amines) is 1. The maximum absolute atomic E-state index is 13.8. The van der Waals surface area contributed by atoms with Crippen LogP contribution < -0.4 is 5.32 Å². The number of hydrogen-bond acceptors (Lipinski definition) is 6. The number of nitrogens with one attached hydrogen (secondary N) is 1. The summed E-state index contributed by atoms with van der Waals surface area (Å²) in [6, 6.07) is 7.69. The van der Waals surface area contributed by atoms with Crippen molar-refractivity contribution in [2.24, 2.45) is 10.8 Å². The van der Waals surface area contributed by atoms with Crippen LogP contribution >= 0.6 is 0 Å². The van der Waals surface area contributed by atoms with Crippen LogP contribution in [0.1, 0.15) is 97.9 Å². The summed E-state index contributed by atoms with van der Waals surface area (Å²) in [6.45, 7) is 16.1. The zero-order valence-electron chi connectivity index (χ0n) is 25.4. The summed E-state index contributed by atoms with van der Waals surface area (Å²) < 4.78 is 10.7. The van der Waals surface area contributed by atoms with Gasteiger partial charge in [0.1, 0.15) is 5.60 Å². The summed E-state index contributed by atoms with van der Waals surface area (Å²) in [5, 5.41) is 2.65. The third-order valence-corrected chi connectivity index (χ3v) is 7.67. The minimum atomic E-state index is -0.890. The highest BCUT2D eigenvalue weighted by Gasteiger charge is 2.46. The molecule has 1 heterocycles. The van der Waals surface area contributed by atoms with E-state index < -0.39 is 35.2 Å². The molecule has 0 bridgehead atoms. The number of alkyl carbamates (subject to hydrolysis) is 1. The van der Waals surface area contributed by atoms with Crippen LogP contribution in [0.5, 0.6) is 0 Å². The van der Waals surface area contributed by atoms with E-state index in [1.54, 1.807) is 56.0 Å². The van der Waals surface area contributed by atoms with Crippen molar-refractivity contribution in [1.82, 2.24) is 15.1 Å². The first-order chi connectivity index (χ1) is 18.5. The highest BCUT2D eigenvalue weighted by molar-refractivity contribution is 5.96. The Morgan fingerprint density at radius 2 is 1.57 bits per heavy atom. The minimum Gasteiger partial charge on any atom is -0.444 e. The van der Waals surface area contributed by atoms with Crippen LogP contribution in [0.2, 0.25) is 0 Å². The Labute approximate surface area is 238 Å². The smallest absolute Gasteiger partial charge is 0.415 e. The molecule has 1 saturated carbocycles. The lowest BCUT2D eigenvalue weighted by molar-refractivity contribution is -0.146. The van der Waals surface area contributed by atoms with Crippen molar-refractivity contribution in [3.63, 3.8) is 0 Å². The molecule has 0 unspecified atom stereocenters. The average Bonchev–Trinajstić information content (AvgIpc) is 3.27. The Hall–Kier alpha value is -3.10. The van der Waals surface area contributed by atoms with E-state index in [2.05, 4.69) is 19.2 Å². The number of benzene rings is 1. The first-order valence-electron chi connectivity index (χ1n) is 14.3. The van der Waals surface area contributed by atoms with Crippen LogP contribution in [0.25, 0.3) is 0 Å². The van der Waals surface area contributed by atoms with Crippen LogP contribution in [-0.2, 0) is 14.3 Å². The third-order valence-electron chi connectivity index (χ3n) is 7.67. The molecule has 1 aromatic carbocycles. The monoisotopic (exact) mass is 557 g/mol. The summed E-state index contributed by atoms with van der Waals surface area (Å²) in [5.74, 6) is -0.693.